The van der Waals surface area contributed by atoms with Gasteiger partial charge < -0.3 is 5.73 Å². The number of halogens is 7. The molecule has 2 N–H and O–H groups in total. The van der Waals surface area contributed by atoms with Gasteiger partial charge in [0.15, 0.2) is 0 Å². The van der Waals surface area contributed by atoms with Crippen LogP contribution in [0.25, 0.3) is 5.57 Å². The minimum atomic E-state index is -5.02. The quantitative estimate of drug-likeness (QED) is 0.360. The Labute approximate surface area is 189 Å². The van der Waals surface area contributed by atoms with E-state index in [-0.39, 0.29) is 34.9 Å². The van der Waals surface area contributed by atoms with E-state index in [1.165, 1.54) is 12.3 Å². The highest BCUT2D eigenvalue weighted by atomic mass is 19.4. The average molecular weight is 486 g/mol. The number of benzene rings is 1. The number of carbonyl (C=O) groups excluding carboxylic acids is 1. The number of aromatic nitrogens is 1. The number of primary amides is 1. The molecule has 3 rings (SSSR count). The highest BCUT2D eigenvalue weighted by Gasteiger charge is 2.37. The smallest absolute Gasteiger partial charge is 0.366 e. The predicted molar refractivity (Wildman–Crippen MR) is 109 cm³/mol. The third-order valence-electron chi connectivity index (χ3n) is 4.89. The first-order valence-electron chi connectivity index (χ1n) is 9.72. The minimum absolute atomic E-state index is 0.0358. The van der Waals surface area contributed by atoms with Gasteiger partial charge in [-0.15, -0.1) is 0 Å². The zero-order chi connectivity index (χ0) is 25.3. The monoisotopic (exact) mass is 486 g/mol. The number of hydrogen-bond acceptors (Lipinski definition) is 4. The number of pyridine rings is 1. The zero-order valence-electron chi connectivity index (χ0n) is 17.5. The normalized spacial score (nSPS) is 17.4. The Bertz CT molecular complexity index is 1130. The number of carbonyl (C=O) groups is 1. The van der Waals surface area contributed by atoms with Crippen LogP contribution in [0.4, 0.5) is 30.7 Å². The number of amides is 1. The van der Waals surface area contributed by atoms with Crippen molar-refractivity contribution in [3.63, 3.8) is 0 Å². The Morgan fingerprint density at radius 3 is 2.21 bits per heavy atom. The average Bonchev–Trinajstić information content (AvgIpc) is 2.92. The molecule has 1 aliphatic heterocycles. The molecule has 0 bridgehead atoms. The first-order chi connectivity index (χ1) is 15.8. The van der Waals surface area contributed by atoms with Crippen molar-refractivity contribution in [1.82, 2.24) is 9.99 Å². The standard InChI is InChI=1S/C22H17F7N4O/c1-12-3-2-6-33(11-17(20(30)34)13-4-5-18(23)31-10-13)32-19(12)14-7-15(21(24,25)26)9-16(8-14)22(27,28)29/h2,4-12H,3H2,1H3,(H2,30,34). The molecule has 12 heteroatoms. The summed E-state index contributed by atoms with van der Waals surface area (Å²) in [5.41, 5.74) is 1.98. The van der Waals surface area contributed by atoms with Crippen LogP contribution in [0, 0.1) is 11.9 Å². The molecule has 1 aliphatic rings. The topological polar surface area (TPSA) is 71.6 Å². The molecule has 180 valence electrons. The Kier molecular flexibility index (Phi) is 6.80. The van der Waals surface area contributed by atoms with Gasteiger partial charge in [0.05, 0.1) is 22.4 Å². The fourth-order valence-electron chi connectivity index (χ4n) is 3.21. The number of rotatable bonds is 4. The number of nitrogens with two attached hydrogens (primary N) is 1. The Morgan fingerprint density at radius 2 is 1.71 bits per heavy atom. The summed E-state index contributed by atoms with van der Waals surface area (Å²) in [6.07, 6.45) is -4.66. The maximum absolute atomic E-state index is 13.3. The molecule has 1 atom stereocenters. The van der Waals surface area contributed by atoms with E-state index in [9.17, 15) is 35.5 Å². The van der Waals surface area contributed by atoms with E-state index in [2.05, 4.69) is 10.1 Å². The van der Waals surface area contributed by atoms with Crippen LogP contribution in [-0.2, 0) is 17.1 Å². The number of hydrogen-bond donors (Lipinski definition) is 1. The molecule has 1 aromatic carbocycles. The summed E-state index contributed by atoms with van der Waals surface area (Å²) in [4.78, 5) is 15.4. The summed E-state index contributed by atoms with van der Waals surface area (Å²) < 4.78 is 93.0. The van der Waals surface area contributed by atoms with Gasteiger partial charge in [0.25, 0.3) is 5.91 Å². The molecule has 5 nitrogen and oxygen atoms in total. The van der Waals surface area contributed by atoms with Crippen molar-refractivity contribution in [2.75, 3.05) is 0 Å². The molecule has 0 saturated carbocycles. The van der Waals surface area contributed by atoms with Gasteiger partial charge in [-0.3, -0.25) is 4.79 Å². The summed E-state index contributed by atoms with van der Waals surface area (Å²) in [7, 11) is 0. The van der Waals surface area contributed by atoms with Crippen LogP contribution in [0.2, 0.25) is 0 Å². The zero-order valence-corrected chi connectivity index (χ0v) is 17.5. The molecule has 2 aromatic rings. The first kappa shape index (κ1) is 24.9. The SMILES string of the molecule is CC1CC=CN(C=C(C(N)=O)c2ccc(F)nc2)N=C1c1cc(C(F)(F)F)cc(C(F)(F)F)c1. The summed E-state index contributed by atoms with van der Waals surface area (Å²) in [6.45, 7) is 1.59. The second-order valence-electron chi connectivity index (χ2n) is 7.46. The fourth-order valence-corrected chi connectivity index (χ4v) is 3.21. The third-order valence-corrected chi connectivity index (χ3v) is 4.89. The molecule has 0 radical (unpaired) electrons. The first-order valence-corrected chi connectivity index (χ1v) is 9.72. The largest absolute Gasteiger partial charge is 0.416 e. The molecule has 1 unspecified atom stereocenters. The van der Waals surface area contributed by atoms with E-state index < -0.39 is 41.3 Å². The van der Waals surface area contributed by atoms with E-state index in [1.807, 2.05) is 0 Å². The van der Waals surface area contributed by atoms with Gasteiger partial charge in [0, 0.05) is 30.1 Å². The number of nitrogens with zero attached hydrogens (tertiary/aromatic N) is 3. The molecule has 0 saturated heterocycles. The summed E-state index contributed by atoms with van der Waals surface area (Å²) in [6, 6.07) is 3.44. The molecule has 0 aliphatic carbocycles. The van der Waals surface area contributed by atoms with Crippen LogP contribution in [-0.4, -0.2) is 21.6 Å². The molecule has 1 amide bonds. The van der Waals surface area contributed by atoms with Crippen molar-refractivity contribution in [1.29, 1.82) is 0 Å². The van der Waals surface area contributed by atoms with Gasteiger partial charge >= 0.3 is 12.4 Å². The van der Waals surface area contributed by atoms with Gasteiger partial charge in [0.2, 0.25) is 5.95 Å². The number of hydrazone groups is 1. The second-order valence-corrected chi connectivity index (χ2v) is 7.46. The van der Waals surface area contributed by atoms with Gasteiger partial charge in [0.1, 0.15) is 0 Å². The van der Waals surface area contributed by atoms with Crippen molar-refractivity contribution in [2.45, 2.75) is 25.7 Å². The lowest BCUT2D eigenvalue weighted by molar-refractivity contribution is -0.143. The highest BCUT2D eigenvalue weighted by Crippen LogP contribution is 2.37. The molecule has 1 aromatic heterocycles. The van der Waals surface area contributed by atoms with E-state index >= 15 is 0 Å². The van der Waals surface area contributed by atoms with Crippen LogP contribution in [0.5, 0.6) is 0 Å². The van der Waals surface area contributed by atoms with E-state index in [1.54, 1.807) is 13.0 Å². The van der Waals surface area contributed by atoms with E-state index in [0.717, 1.165) is 23.5 Å². The van der Waals surface area contributed by atoms with E-state index in [4.69, 9.17) is 5.73 Å². The molecule has 34 heavy (non-hydrogen) atoms. The van der Waals surface area contributed by atoms with Crippen LogP contribution in [0.15, 0.2) is 60.1 Å². The van der Waals surface area contributed by atoms with Gasteiger partial charge in [-0.25, -0.2) is 9.99 Å². The third kappa shape index (κ3) is 5.80. The van der Waals surface area contributed by atoms with E-state index in [0.29, 0.717) is 12.1 Å². The molecule has 2 heterocycles. The lowest BCUT2D eigenvalue weighted by atomic mass is 9.93. The predicted octanol–water partition coefficient (Wildman–Crippen LogP) is 5.34. The maximum Gasteiger partial charge on any atom is 0.416 e. The Morgan fingerprint density at radius 1 is 1.09 bits per heavy atom. The Balaban J connectivity index is 2.14. The Hall–Kier alpha value is -3.70. The van der Waals surface area contributed by atoms with Crippen molar-refractivity contribution in [3.05, 3.63) is 83.2 Å². The lowest BCUT2D eigenvalue weighted by Crippen LogP contribution is -2.19. The highest BCUT2D eigenvalue weighted by molar-refractivity contribution is 6.18. The van der Waals surface area contributed by atoms with Crippen molar-refractivity contribution >= 4 is 17.2 Å². The minimum Gasteiger partial charge on any atom is -0.366 e. The molecule has 0 fully saturated rings. The summed E-state index contributed by atoms with van der Waals surface area (Å²) in [5.74, 6) is -2.31. The number of allylic oxidation sites excluding steroid dienone is 1. The van der Waals surface area contributed by atoms with Crippen molar-refractivity contribution in [2.24, 2.45) is 16.8 Å². The summed E-state index contributed by atoms with van der Waals surface area (Å²) >= 11 is 0. The van der Waals surface area contributed by atoms with Gasteiger partial charge in [-0.1, -0.05) is 13.0 Å². The molecular formula is C22H17F7N4O. The second kappa shape index (κ2) is 9.27. The van der Waals surface area contributed by atoms with Crippen LogP contribution < -0.4 is 5.73 Å². The lowest BCUT2D eigenvalue weighted by Gasteiger charge is -2.19. The molecule has 0 spiro atoms. The molecular weight excluding hydrogens is 469 g/mol. The number of alkyl halides is 6. The van der Waals surface area contributed by atoms with Gasteiger partial charge in [-0.05, 0) is 42.3 Å². The summed E-state index contributed by atoms with van der Waals surface area (Å²) in [5, 5.41) is 5.24. The maximum atomic E-state index is 13.3. The fraction of sp³-hybridized carbons (Fsp3) is 0.227. The van der Waals surface area contributed by atoms with Crippen LogP contribution in [0.1, 0.15) is 35.6 Å². The van der Waals surface area contributed by atoms with Crippen LogP contribution >= 0.6 is 0 Å². The van der Waals surface area contributed by atoms with Crippen molar-refractivity contribution in [3.8, 4) is 0 Å². The van der Waals surface area contributed by atoms with Crippen molar-refractivity contribution < 1.29 is 35.5 Å². The van der Waals surface area contributed by atoms with Crippen LogP contribution in [0.3, 0.4) is 0 Å². The van der Waals surface area contributed by atoms with Gasteiger partial charge in [-0.2, -0.15) is 35.8 Å².